The fourth-order valence-electron chi connectivity index (χ4n) is 5.08. The van der Waals surface area contributed by atoms with E-state index in [4.69, 9.17) is 21.1 Å². The summed E-state index contributed by atoms with van der Waals surface area (Å²) in [5, 5.41) is 10.4. The molecule has 8 nitrogen and oxygen atoms in total. The molecule has 2 aromatic heterocycles. The van der Waals surface area contributed by atoms with Gasteiger partial charge >= 0.3 is 0 Å². The number of hydrogen-bond donors (Lipinski definition) is 4. The lowest BCUT2D eigenvalue weighted by Gasteiger charge is -2.28. The molecule has 1 amide bonds. The van der Waals surface area contributed by atoms with Crippen LogP contribution in [-0.2, 0) is 0 Å². The first-order valence-corrected chi connectivity index (χ1v) is 12.2. The number of carbonyl (C=O) groups excluding carboxylic acids is 1. The van der Waals surface area contributed by atoms with E-state index in [0.29, 0.717) is 52.4 Å². The van der Waals surface area contributed by atoms with Crippen molar-refractivity contribution in [3.05, 3.63) is 58.9 Å². The van der Waals surface area contributed by atoms with Crippen molar-refractivity contribution in [1.29, 1.82) is 0 Å². The third-order valence-corrected chi connectivity index (χ3v) is 7.10. The lowest BCUT2D eigenvalue weighted by Crippen LogP contribution is -2.34. The molecule has 0 radical (unpaired) electrons. The molecule has 3 aliphatic rings. The van der Waals surface area contributed by atoms with Crippen molar-refractivity contribution in [1.82, 2.24) is 15.3 Å². The number of hydrogen-bond acceptors (Lipinski definition) is 6. The molecular weight excluding hydrogens is 466 g/mol. The lowest BCUT2D eigenvalue weighted by atomic mass is 9.93. The number of rotatable bonds is 3. The summed E-state index contributed by atoms with van der Waals surface area (Å²) in [5.74, 6) is 1.89. The van der Waals surface area contributed by atoms with Crippen molar-refractivity contribution in [2.75, 3.05) is 30.8 Å². The highest BCUT2D eigenvalue weighted by molar-refractivity contribution is 6.32. The molecule has 4 bridgehead atoms. The van der Waals surface area contributed by atoms with Gasteiger partial charge in [-0.25, -0.2) is 4.98 Å². The van der Waals surface area contributed by atoms with Crippen LogP contribution < -0.4 is 25.4 Å². The summed E-state index contributed by atoms with van der Waals surface area (Å²) >= 11 is 6.40. The van der Waals surface area contributed by atoms with E-state index in [0.717, 1.165) is 36.2 Å². The highest BCUT2D eigenvalue weighted by Crippen LogP contribution is 2.47. The van der Waals surface area contributed by atoms with Gasteiger partial charge in [0, 0.05) is 29.9 Å². The van der Waals surface area contributed by atoms with Crippen LogP contribution in [-0.4, -0.2) is 42.2 Å². The summed E-state index contributed by atoms with van der Waals surface area (Å²) in [6.07, 6.45) is 8.85. The Hall–Kier alpha value is -3.65. The summed E-state index contributed by atoms with van der Waals surface area (Å²) in [5.41, 5.74) is 4.42. The number of para-hydroxylation sites is 1. The van der Waals surface area contributed by atoms with Crippen LogP contribution >= 0.6 is 11.6 Å². The van der Waals surface area contributed by atoms with E-state index < -0.39 is 0 Å². The molecule has 4 N–H and O–H groups in total. The maximum Gasteiger partial charge on any atom is 0.255 e. The van der Waals surface area contributed by atoms with Crippen LogP contribution in [0.3, 0.4) is 0 Å². The second-order valence-electron chi connectivity index (χ2n) is 8.96. The Morgan fingerprint density at radius 3 is 3.00 bits per heavy atom. The SMILES string of the molecule is COc1c(Cl)cccc1Nc1c2[nH]c3c1C(=O)NC[C@@H]3C/C=C\CC[C@@H]1CNc3nccc-2c3O1. The lowest BCUT2D eigenvalue weighted by molar-refractivity contribution is 0.0941. The predicted molar refractivity (Wildman–Crippen MR) is 136 cm³/mol. The van der Waals surface area contributed by atoms with Crippen LogP contribution in [0.4, 0.5) is 17.2 Å². The number of H-pyrrole nitrogens is 1. The zero-order chi connectivity index (χ0) is 23.9. The molecule has 180 valence electrons. The van der Waals surface area contributed by atoms with E-state index in [1.54, 1.807) is 19.4 Å². The molecule has 0 fully saturated rings. The van der Waals surface area contributed by atoms with Crippen molar-refractivity contribution >= 4 is 34.7 Å². The van der Waals surface area contributed by atoms with Crippen molar-refractivity contribution in [2.24, 2.45) is 0 Å². The van der Waals surface area contributed by atoms with Gasteiger partial charge in [0.05, 0.1) is 41.3 Å². The topological polar surface area (TPSA) is 100 Å². The van der Waals surface area contributed by atoms with Gasteiger partial charge in [0.25, 0.3) is 5.91 Å². The van der Waals surface area contributed by atoms with E-state index in [1.807, 2.05) is 18.2 Å². The molecular formula is C26H26ClN5O3. The Kier molecular flexibility index (Phi) is 5.53. The average Bonchev–Trinajstić information content (AvgIpc) is 3.24. The third-order valence-electron chi connectivity index (χ3n) is 6.80. The summed E-state index contributed by atoms with van der Waals surface area (Å²) < 4.78 is 12.0. The number of anilines is 3. The monoisotopic (exact) mass is 491 g/mol. The number of halogens is 1. The largest absolute Gasteiger partial charge is 0.493 e. The molecule has 0 unspecified atom stereocenters. The number of nitrogens with zero attached hydrogens (tertiary/aromatic N) is 1. The fourth-order valence-corrected chi connectivity index (χ4v) is 5.33. The summed E-state index contributed by atoms with van der Waals surface area (Å²) in [6, 6.07) is 7.41. The van der Waals surface area contributed by atoms with Crippen LogP contribution in [0.15, 0.2) is 42.6 Å². The number of benzene rings is 1. The normalized spacial score (nSPS) is 21.3. The number of aromatic amines is 1. The average molecular weight is 492 g/mol. The highest BCUT2D eigenvalue weighted by atomic mass is 35.5. The number of amides is 1. The first-order valence-electron chi connectivity index (χ1n) is 11.8. The Balaban J connectivity index is 1.59. The Bertz CT molecular complexity index is 1330. The minimum absolute atomic E-state index is 0.0289. The number of methoxy groups -OCH3 is 1. The number of carbonyl (C=O) groups is 1. The van der Waals surface area contributed by atoms with Gasteiger partial charge in [-0.3, -0.25) is 4.79 Å². The van der Waals surface area contributed by atoms with E-state index >= 15 is 0 Å². The quantitative estimate of drug-likeness (QED) is 0.375. The standard InChI is InChI=1S/C26H26ClN5O3/c1-34-24-17(27)8-5-9-18(24)31-22-19-20-14(12-30-26(19)33)6-3-2-4-7-15-13-29-25-23(35-15)16(10-11-28-25)21(22)32-20/h2-3,5,8-11,14-15,31-32H,4,6-7,12-13H2,1H3,(H,28,29)(H,30,33)/b3-2-/t14-,15+/m0/s1. The molecule has 0 aliphatic carbocycles. The molecule has 5 heterocycles. The number of fused-ring (bicyclic) bond motifs is 3. The van der Waals surface area contributed by atoms with E-state index in [1.165, 1.54) is 0 Å². The molecule has 0 spiro atoms. The highest BCUT2D eigenvalue weighted by Gasteiger charge is 2.34. The first kappa shape index (κ1) is 21.9. The third kappa shape index (κ3) is 3.78. The van der Waals surface area contributed by atoms with Gasteiger partial charge < -0.3 is 30.4 Å². The van der Waals surface area contributed by atoms with E-state index in [9.17, 15) is 4.79 Å². The van der Waals surface area contributed by atoms with Crippen molar-refractivity contribution in [3.8, 4) is 22.8 Å². The Morgan fingerprint density at radius 2 is 2.11 bits per heavy atom. The van der Waals surface area contributed by atoms with Crippen molar-refractivity contribution in [2.45, 2.75) is 31.3 Å². The van der Waals surface area contributed by atoms with Gasteiger partial charge in [-0.15, -0.1) is 0 Å². The minimum atomic E-state index is -0.127. The first-order chi connectivity index (χ1) is 17.1. The van der Waals surface area contributed by atoms with E-state index in [-0.39, 0.29) is 17.9 Å². The van der Waals surface area contributed by atoms with Gasteiger partial charge in [0.15, 0.2) is 17.3 Å². The number of nitrogens with one attached hydrogen (secondary N) is 4. The van der Waals surface area contributed by atoms with Crippen LogP contribution in [0.1, 0.15) is 41.2 Å². The van der Waals surface area contributed by atoms with Gasteiger partial charge in [0.2, 0.25) is 0 Å². The second-order valence-corrected chi connectivity index (χ2v) is 9.36. The van der Waals surface area contributed by atoms with Crippen molar-refractivity contribution in [3.63, 3.8) is 0 Å². The molecule has 0 saturated heterocycles. The maximum atomic E-state index is 13.2. The number of aromatic nitrogens is 2. The molecule has 0 saturated carbocycles. The van der Waals surface area contributed by atoms with Gasteiger partial charge in [0.1, 0.15) is 6.10 Å². The van der Waals surface area contributed by atoms with Gasteiger partial charge in [-0.2, -0.15) is 0 Å². The molecule has 6 rings (SSSR count). The van der Waals surface area contributed by atoms with Crippen LogP contribution in [0.25, 0.3) is 11.3 Å². The molecule has 1 aromatic carbocycles. The Morgan fingerprint density at radius 1 is 1.20 bits per heavy atom. The minimum Gasteiger partial charge on any atom is -0.493 e. The predicted octanol–water partition coefficient (Wildman–Crippen LogP) is 5.22. The Labute approximate surface area is 208 Å². The molecule has 3 aliphatic heterocycles. The number of allylic oxidation sites excluding steroid dienone is 2. The zero-order valence-corrected chi connectivity index (χ0v) is 20.0. The van der Waals surface area contributed by atoms with Gasteiger partial charge in [-0.1, -0.05) is 29.8 Å². The fraction of sp³-hybridized carbons (Fsp3) is 0.308. The summed E-state index contributed by atoms with van der Waals surface area (Å²) in [4.78, 5) is 21.3. The molecule has 35 heavy (non-hydrogen) atoms. The van der Waals surface area contributed by atoms with Crippen LogP contribution in [0.5, 0.6) is 11.5 Å². The second kappa shape index (κ2) is 8.85. The smallest absolute Gasteiger partial charge is 0.255 e. The van der Waals surface area contributed by atoms with Crippen LogP contribution in [0.2, 0.25) is 5.02 Å². The molecule has 3 aromatic rings. The van der Waals surface area contributed by atoms with Crippen LogP contribution in [0, 0.1) is 0 Å². The molecule has 9 heteroatoms. The molecule has 2 atom stereocenters. The number of ether oxygens (including phenoxy) is 2. The van der Waals surface area contributed by atoms with Crippen molar-refractivity contribution < 1.29 is 14.3 Å². The summed E-state index contributed by atoms with van der Waals surface area (Å²) in [7, 11) is 1.58. The maximum absolute atomic E-state index is 13.2. The number of pyridine rings is 1. The summed E-state index contributed by atoms with van der Waals surface area (Å²) in [6.45, 7) is 1.28. The van der Waals surface area contributed by atoms with Gasteiger partial charge in [-0.05, 0) is 37.5 Å². The zero-order valence-electron chi connectivity index (χ0n) is 19.3. The van der Waals surface area contributed by atoms with E-state index in [2.05, 4.69) is 38.1 Å².